The summed E-state index contributed by atoms with van der Waals surface area (Å²) in [4.78, 5) is 28.0. The van der Waals surface area contributed by atoms with Gasteiger partial charge in [-0.15, -0.1) is 0 Å². The van der Waals surface area contributed by atoms with Crippen LogP contribution >= 0.6 is 11.8 Å². The van der Waals surface area contributed by atoms with E-state index in [-0.39, 0.29) is 5.91 Å². The van der Waals surface area contributed by atoms with Crippen molar-refractivity contribution in [3.05, 3.63) is 24.3 Å². The van der Waals surface area contributed by atoms with E-state index in [0.29, 0.717) is 26.1 Å². The molecule has 3 amide bonds. The number of primary amides is 1. The number of thioether (sulfide) groups is 1. The molecule has 1 aliphatic heterocycles. The van der Waals surface area contributed by atoms with E-state index in [1.54, 1.807) is 16.7 Å². The van der Waals surface area contributed by atoms with E-state index in [2.05, 4.69) is 10.2 Å². The van der Waals surface area contributed by atoms with Gasteiger partial charge in [0.2, 0.25) is 5.91 Å². The van der Waals surface area contributed by atoms with Crippen molar-refractivity contribution in [2.75, 3.05) is 49.7 Å². The molecule has 3 N–H and O–H groups in total. The predicted molar refractivity (Wildman–Crippen MR) is 106 cm³/mol. The van der Waals surface area contributed by atoms with Crippen molar-refractivity contribution in [1.82, 2.24) is 10.2 Å². The van der Waals surface area contributed by atoms with Crippen molar-refractivity contribution in [2.24, 2.45) is 5.73 Å². The maximum atomic E-state index is 12.8. The smallest absolute Gasteiger partial charge is 0.312 e. The van der Waals surface area contributed by atoms with Crippen LogP contribution in [0.5, 0.6) is 5.75 Å². The Balaban J connectivity index is 1.98. The molecule has 0 aromatic heterocycles. The molecule has 1 aromatic carbocycles. The molecule has 1 saturated heterocycles. The average molecular weight is 381 g/mol. The van der Waals surface area contributed by atoms with E-state index in [9.17, 15) is 9.59 Å². The number of carbonyl (C=O) groups excluding carboxylic acids is 2. The molecule has 0 unspecified atom stereocenters. The molecule has 0 bridgehead atoms. The summed E-state index contributed by atoms with van der Waals surface area (Å²) in [5, 5.41) is 2.58. The van der Waals surface area contributed by atoms with Gasteiger partial charge >= 0.3 is 6.03 Å². The molecular weight excluding hydrogens is 352 g/mol. The SMILES string of the molecule is CCOc1ccccc1N1CCN(C(=O)[C@H](CCSC)NC(N)=O)CC1. The van der Waals surface area contributed by atoms with Crippen molar-refractivity contribution in [2.45, 2.75) is 19.4 Å². The van der Waals surface area contributed by atoms with Gasteiger partial charge in [-0.05, 0) is 37.5 Å². The van der Waals surface area contributed by atoms with Gasteiger partial charge in [0.25, 0.3) is 0 Å². The predicted octanol–water partition coefficient (Wildman–Crippen LogP) is 1.52. The van der Waals surface area contributed by atoms with Gasteiger partial charge in [-0.2, -0.15) is 11.8 Å². The molecule has 26 heavy (non-hydrogen) atoms. The van der Waals surface area contributed by atoms with Crippen LogP contribution in [0.1, 0.15) is 13.3 Å². The molecule has 7 nitrogen and oxygen atoms in total. The lowest BCUT2D eigenvalue weighted by molar-refractivity contribution is -0.133. The first-order valence-electron chi connectivity index (χ1n) is 8.87. The summed E-state index contributed by atoms with van der Waals surface area (Å²) in [6, 6.07) is 6.74. The standard InChI is InChI=1S/C18H28N4O3S/c1-3-25-16-7-5-4-6-15(16)21-9-11-22(12-10-21)17(23)14(8-13-26-2)20-18(19)24/h4-7,14H,3,8-13H2,1-2H3,(H3,19,20,24)/t14-/m0/s1. The topological polar surface area (TPSA) is 87.9 Å². The molecule has 1 heterocycles. The fourth-order valence-electron chi connectivity index (χ4n) is 3.05. The number of amides is 3. The van der Waals surface area contributed by atoms with Crippen molar-refractivity contribution < 1.29 is 14.3 Å². The van der Waals surface area contributed by atoms with Crippen molar-refractivity contribution in [3.63, 3.8) is 0 Å². The number of nitrogens with one attached hydrogen (secondary N) is 1. The third-order valence-corrected chi connectivity index (χ3v) is 4.97. The van der Waals surface area contributed by atoms with Crippen LogP contribution in [0.3, 0.4) is 0 Å². The van der Waals surface area contributed by atoms with E-state index >= 15 is 0 Å². The lowest BCUT2D eigenvalue weighted by Crippen LogP contribution is -2.55. The molecule has 1 aromatic rings. The summed E-state index contributed by atoms with van der Waals surface area (Å²) < 4.78 is 5.70. The number of hydrogen-bond acceptors (Lipinski definition) is 5. The van der Waals surface area contributed by atoms with Gasteiger partial charge in [0, 0.05) is 26.2 Å². The van der Waals surface area contributed by atoms with Gasteiger partial charge in [0.15, 0.2) is 0 Å². The molecular formula is C18H28N4O3S. The summed E-state index contributed by atoms with van der Waals surface area (Å²) >= 11 is 1.64. The molecule has 1 atom stereocenters. The van der Waals surface area contributed by atoms with Crippen molar-refractivity contribution >= 4 is 29.4 Å². The number of benzene rings is 1. The summed E-state index contributed by atoms with van der Waals surface area (Å²) in [5.74, 6) is 1.59. The Morgan fingerprint density at radius 1 is 1.27 bits per heavy atom. The van der Waals surface area contributed by atoms with Gasteiger partial charge in [0.05, 0.1) is 12.3 Å². The fraction of sp³-hybridized carbons (Fsp3) is 0.556. The molecule has 1 fully saturated rings. The van der Waals surface area contributed by atoms with E-state index < -0.39 is 12.1 Å². The van der Waals surface area contributed by atoms with Crippen LogP contribution in [0.15, 0.2) is 24.3 Å². The van der Waals surface area contributed by atoms with Crippen LogP contribution in [-0.4, -0.2) is 67.7 Å². The number of carbonyl (C=O) groups is 2. The Morgan fingerprint density at radius 2 is 1.96 bits per heavy atom. The minimum atomic E-state index is -0.659. The number of urea groups is 1. The normalized spacial score (nSPS) is 15.5. The molecule has 2 rings (SSSR count). The first-order valence-corrected chi connectivity index (χ1v) is 10.3. The van der Waals surface area contributed by atoms with Crippen molar-refractivity contribution in [1.29, 1.82) is 0 Å². The third kappa shape index (κ3) is 5.45. The second-order valence-electron chi connectivity index (χ2n) is 6.06. The molecule has 144 valence electrons. The van der Waals surface area contributed by atoms with E-state index in [1.807, 2.05) is 37.4 Å². The summed E-state index contributed by atoms with van der Waals surface area (Å²) in [6.45, 7) is 5.24. The fourth-order valence-corrected chi connectivity index (χ4v) is 3.52. The monoisotopic (exact) mass is 380 g/mol. The first-order chi connectivity index (χ1) is 12.6. The molecule has 1 aliphatic rings. The van der Waals surface area contributed by atoms with Crippen LogP contribution in [0.2, 0.25) is 0 Å². The maximum Gasteiger partial charge on any atom is 0.312 e. The van der Waals surface area contributed by atoms with Crippen LogP contribution in [0.25, 0.3) is 0 Å². The second-order valence-corrected chi connectivity index (χ2v) is 7.04. The largest absolute Gasteiger partial charge is 0.492 e. The minimum Gasteiger partial charge on any atom is -0.492 e. The highest BCUT2D eigenvalue weighted by atomic mass is 32.2. The zero-order chi connectivity index (χ0) is 18.9. The zero-order valence-electron chi connectivity index (χ0n) is 15.4. The van der Waals surface area contributed by atoms with E-state index in [1.165, 1.54) is 0 Å². The van der Waals surface area contributed by atoms with Crippen molar-refractivity contribution in [3.8, 4) is 5.75 Å². The van der Waals surface area contributed by atoms with Crippen LogP contribution in [0.4, 0.5) is 10.5 Å². The summed E-state index contributed by atoms with van der Waals surface area (Å²) in [6.07, 6.45) is 2.55. The number of nitrogens with zero attached hydrogens (tertiary/aromatic N) is 2. The van der Waals surface area contributed by atoms with Crippen LogP contribution in [0, 0.1) is 0 Å². The number of para-hydroxylation sites is 2. The number of ether oxygens (including phenoxy) is 1. The Hall–Kier alpha value is -2.09. The Morgan fingerprint density at radius 3 is 2.58 bits per heavy atom. The number of piperazine rings is 1. The lowest BCUT2D eigenvalue weighted by Gasteiger charge is -2.38. The molecule has 0 radical (unpaired) electrons. The van der Waals surface area contributed by atoms with Gasteiger partial charge in [0.1, 0.15) is 11.8 Å². The van der Waals surface area contributed by atoms with Gasteiger partial charge in [-0.3, -0.25) is 4.79 Å². The molecule has 8 heteroatoms. The number of nitrogens with two attached hydrogens (primary N) is 1. The molecule has 0 saturated carbocycles. The van der Waals surface area contributed by atoms with E-state index in [4.69, 9.17) is 10.5 Å². The Bertz CT molecular complexity index is 606. The van der Waals surface area contributed by atoms with Gasteiger partial charge in [-0.25, -0.2) is 4.79 Å². The Labute approximate surface area is 159 Å². The van der Waals surface area contributed by atoms with Gasteiger partial charge < -0.3 is 25.6 Å². The second kappa shape index (κ2) is 10.2. The maximum absolute atomic E-state index is 12.8. The van der Waals surface area contributed by atoms with Gasteiger partial charge in [-0.1, -0.05) is 12.1 Å². The molecule has 0 spiro atoms. The molecule has 0 aliphatic carbocycles. The highest BCUT2D eigenvalue weighted by Crippen LogP contribution is 2.28. The number of anilines is 1. The average Bonchev–Trinajstić information content (AvgIpc) is 2.65. The van der Waals surface area contributed by atoms with Crippen LogP contribution in [-0.2, 0) is 4.79 Å². The number of rotatable bonds is 8. The summed E-state index contributed by atoms with van der Waals surface area (Å²) in [5.41, 5.74) is 6.28. The van der Waals surface area contributed by atoms with E-state index in [0.717, 1.165) is 30.3 Å². The third-order valence-electron chi connectivity index (χ3n) is 4.32. The number of hydrogen-bond donors (Lipinski definition) is 2. The lowest BCUT2D eigenvalue weighted by atomic mass is 10.1. The highest BCUT2D eigenvalue weighted by molar-refractivity contribution is 7.98. The Kier molecular flexibility index (Phi) is 7.90. The first kappa shape index (κ1) is 20.2. The minimum absolute atomic E-state index is 0.0596. The summed E-state index contributed by atoms with van der Waals surface area (Å²) in [7, 11) is 0. The quantitative estimate of drug-likeness (QED) is 0.714. The van der Waals surface area contributed by atoms with Crippen LogP contribution < -0.4 is 20.7 Å². The zero-order valence-corrected chi connectivity index (χ0v) is 16.3. The highest BCUT2D eigenvalue weighted by Gasteiger charge is 2.28.